The lowest BCUT2D eigenvalue weighted by Crippen LogP contribution is -2.65. The van der Waals surface area contributed by atoms with Gasteiger partial charge in [-0.2, -0.15) is 0 Å². The van der Waals surface area contributed by atoms with E-state index in [2.05, 4.69) is 46.1 Å². The number of hydrogen-bond acceptors (Lipinski definition) is 15. The number of phenols is 1. The van der Waals surface area contributed by atoms with E-state index in [1.807, 2.05) is 14.0 Å². The lowest BCUT2D eigenvalue weighted by Gasteiger charge is -2.56. The minimum atomic E-state index is -1.18. The van der Waals surface area contributed by atoms with Crippen molar-refractivity contribution in [2.45, 2.75) is 203 Å². The fraction of sp³-hybridized carbons (Fsp3) is 0.817. The third-order valence-corrected chi connectivity index (χ3v) is 23.0. The van der Waals surface area contributed by atoms with Crippen molar-refractivity contribution < 1.29 is 49.0 Å². The van der Waals surface area contributed by atoms with E-state index < -0.39 is 46.8 Å². The van der Waals surface area contributed by atoms with Gasteiger partial charge in [-0.1, -0.05) is 66.2 Å². The van der Waals surface area contributed by atoms with Gasteiger partial charge in [-0.15, -0.1) is 5.92 Å². The van der Waals surface area contributed by atoms with Gasteiger partial charge >= 0.3 is 11.9 Å². The van der Waals surface area contributed by atoms with Gasteiger partial charge in [0, 0.05) is 90.4 Å². The zero-order valence-corrected chi connectivity index (χ0v) is 47.8. The number of carbonyl (C=O) groups excluding carboxylic acids is 3. The van der Waals surface area contributed by atoms with Gasteiger partial charge in [0.1, 0.15) is 17.7 Å². The van der Waals surface area contributed by atoms with E-state index in [1.54, 1.807) is 27.7 Å². The normalized spacial score (nSPS) is 36.7. The van der Waals surface area contributed by atoms with Crippen LogP contribution in [0.3, 0.4) is 0 Å². The molecule has 8 N–H and O–H groups in total. The highest BCUT2D eigenvalue weighted by atomic mass is 33.1. The van der Waals surface area contributed by atoms with Crippen molar-refractivity contribution in [1.82, 2.24) is 21.3 Å². The van der Waals surface area contributed by atoms with Gasteiger partial charge in [0.05, 0.1) is 18.3 Å². The van der Waals surface area contributed by atoms with Crippen LogP contribution >= 0.6 is 21.6 Å². The molecule has 1 aromatic carbocycles. The fourth-order valence-electron chi connectivity index (χ4n) is 16.3. The molecule has 16 heteroatoms. The molecule has 4 aliphatic carbocycles. The number of benzene rings is 1. The van der Waals surface area contributed by atoms with Gasteiger partial charge in [-0.05, 0) is 165 Å². The number of aliphatic hydroxyl groups is 3. The molecule has 4 aliphatic heterocycles. The third-order valence-electron chi connectivity index (χ3n) is 20.3. The molecule has 1 amide bonds. The first-order chi connectivity index (χ1) is 36.6. The Hall–Kier alpha value is -2.75. The predicted molar refractivity (Wildman–Crippen MR) is 299 cm³/mol. The standard InChI is InChI=1S/C60H92N4O10S2/c1-38(21-28-61-4)11-10-27-63-47-35-75-76-37-57(3,71)33-41-13-9-12-40-31-45-46(58(36-65)22-7-8-23-58)34-72-55-49(68)19-17-44(53(45)55)54(40)59(25-29-62-30-26-59)51(32-50(73-39(2)66)43(41)16-18-48(47)67)74-56(70)60-24-6-5-14-42(60)15-20-52(69)64-60/h17,19,38,40-43,45-48,50-51,54,61-63,65,67-68,71H,5-8,10-11,13-16,18,20-37H2,1-4H3,(H,64,69)/t38-,40+,41-,42+,43+,45-,46-,47-,48-,50+,51-,54+,57+,60+/m1/s1. The van der Waals surface area contributed by atoms with Crippen molar-refractivity contribution in [2.24, 2.45) is 46.3 Å². The van der Waals surface area contributed by atoms with Crippen LogP contribution in [0, 0.1) is 58.2 Å². The highest BCUT2D eigenvalue weighted by Gasteiger charge is 2.60. The maximum atomic E-state index is 15.8. The number of nitrogens with one attached hydrogen (secondary N) is 4. The summed E-state index contributed by atoms with van der Waals surface area (Å²) in [5, 5.41) is 61.6. The largest absolute Gasteiger partial charge is 0.504 e. The van der Waals surface area contributed by atoms with Gasteiger partial charge in [0.25, 0.3) is 0 Å². The van der Waals surface area contributed by atoms with Crippen LogP contribution in [0.25, 0.3) is 0 Å². The monoisotopic (exact) mass is 1090 g/mol. The minimum absolute atomic E-state index is 0.00465. The van der Waals surface area contributed by atoms with Crippen molar-refractivity contribution in [3.63, 3.8) is 0 Å². The van der Waals surface area contributed by atoms with E-state index in [0.717, 1.165) is 88.4 Å². The zero-order chi connectivity index (χ0) is 53.7. The molecule has 5 fully saturated rings. The molecule has 1 spiro atoms. The first-order valence-electron chi connectivity index (χ1n) is 29.6. The Morgan fingerprint density at radius 3 is 2.54 bits per heavy atom. The number of fused-ring (bicyclic) bond motifs is 5. The first kappa shape index (κ1) is 57.9. The van der Waals surface area contributed by atoms with Crippen molar-refractivity contribution in [3.8, 4) is 23.3 Å². The Bertz CT molecular complexity index is 2230. The number of phenolic OH excluding ortho intramolecular Hbond substituents is 1. The summed E-state index contributed by atoms with van der Waals surface area (Å²) in [6, 6.07) is 3.61. The molecule has 14 atom stereocenters. The molecule has 4 heterocycles. The molecule has 76 heavy (non-hydrogen) atoms. The van der Waals surface area contributed by atoms with E-state index in [0.29, 0.717) is 107 Å². The summed E-state index contributed by atoms with van der Waals surface area (Å²) in [5.74, 6) is 7.71. The molecule has 9 rings (SSSR count). The van der Waals surface area contributed by atoms with Crippen LogP contribution in [0.4, 0.5) is 0 Å². The second-order valence-electron chi connectivity index (χ2n) is 25.3. The summed E-state index contributed by atoms with van der Waals surface area (Å²) < 4.78 is 20.7. The lowest BCUT2D eigenvalue weighted by atomic mass is 9.51. The quantitative estimate of drug-likeness (QED) is 0.0409. The highest BCUT2D eigenvalue weighted by Crippen LogP contribution is 2.65. The van der Waals surface area contributed by atoms with Crippen molar-refractivity contribution in [3.05, 3.63) is 23.3 Å². The number of aliphatic hydroxyl groups excluding tert-OH is 2. The van der Waals surface area contributed by atoms with E-state index in [-0.39, 0.29) is 77.6 Å². The Morgan fingerprint density at radius 2 is 1.78 bits per heavy atom. The second kappa shape index (κ2) is 25.4. The number of esters is 2. The number of aromatic hydroxyl groups is 1. The molecule has 2 saturated carbocycles. The number of amides is 1. The average Bonchev–Trinajstić information content (AvgIpc) is 3.97. The molecular weight excluding hydrogens is 1000 g/mol. The highest BCUT2D eigenvalue weighted by molar-refractivity contribution is 8.76. The van der Waals surface area contributed by atoms with Crippen molar-refractivity contribution >= 4 is 39.4 Å². The summed E-state index contributed by atoms with van der Waals surface area (Å²) in [6.07, 6.45) is 12.6. The Kier molecular flexibility index (Phi) is 19.3. The molecular formula is C60H92N4O10S2. The SMILES string of the molecule is CNCC[C@H](C)CCCN[C@@H]1CSSC[C@@](C)(O)C[C@H]2CC#C[C@H]3C[C@H]4c5c(ccc(O)c5OC[C@H]4C4(CO)CCCC4)[C@H]3C3(CCNCC3)[C@H](OC(=O)[C@]34CCCC[C@H]3CCC(=O)N4)C[C@H](OC(C)=O)[C@H]2CC[C@H]1O. The van der Waals surface area contributed by atoms with E-state index >= 15 is 4.79 Å². The van der Waals surface area contributed by atoms with Crippen LogP contribution in [0.5, 0.6) is 11.5 Å². The maximum absolute atomic E-state index is 15.8. The molecule has 1 aromatic rings. The number of hydrogen-bond donors (Lipinski definition) is 8. The third kappa shape index (κ3) is 12.4. The first-order valence-corrected chi connectivity index (χ1v) is 32.1. The number of piperidine rings is 2. The molecule has 0 aromatic heterocycles. The van der Waals surface area contributed by atoms with Crippen LogP contribution in [0.1, 0.15) is 179 Å². The van der Waals surface area contributed by atoms with Crippen LogP contribution in [-0.4, -0.2) is 132 Å². The molecule has 424 valence electrons. The second-order valence-corrected chi connectivity index (χ2v) is 27.8. The van der Waals surface area contributed by atoms with Gasteiger partial charge in [0.15, 0.2) is 11.5 Å². The van der Waals surface area contributed by atoms with Gasteiger partial charge in [-0.3, -0.25) is 9.59 Å². The summed E-state index contributed by atoms with van der Waals surface area (Å²) in [6.45, 7) is 9.14. The summed E-state index contributed by atoms with van der Waals surface area (Å²) >= 11 is 0. The maximum Gasteiger partial charge on any atom is 0.332 e. The topological polar surface area (TPSA) is 208 Å². The van der Waals surface area contributed by atoms with Gasteiger partial charge in [0.2, 0.25) is 5.91 Å². The summed E-state index contributed by atoms with van der Waals surface area (Å²) in [7, 11) is 5.30. The molecule has 0 bridgehead atoms. The minimum Gasteiger partial charge on any atom is -0.504 e. The van der Waals surface area contributed by atoms with Crippen LogP contribution in [-0.2, 0) is 23.9 Å². The smallest absolute Gasteiger partial charge is 0.332 e. The number of rotatable bonds is 13. The van der Waals surface area contributed by atoms with Crippen molar-refractivity contribution in [2.75, 3.05) is 57.9 Å². The molecule has 0 radical (unpaired) electrons. The average molecular weight is 1090 g/mol. The Balaban J connectivity index is 1.17. The van der Waals surface area contributed by atoms with Gasteiger partial charge < -0.3 is 55.9 Å². The van der Waals surface area contributed by atoms with E-state index in [9.17, 15) is 30.0 Å². The number of ether oxygens (including phenoxy) is 3. The Labute approximate surface area is 461 Å². The zero-order valence-electron chi connectivity index (χ0n) is 46.1. The van der Waals surface area contributed by atoms with E-state index in [4.69, 9.17) is 14.2 Å². The van der Waals surface area contributed by atoms with Gasteiger partial charge in [-0.25, -0.2) is 4.79 Å². The summed E-state index contributed by atoms with van der Waals surface area (Å²) in [5.41, 5.74) is -1.37. The number of carbonyl (C=O) groups is 3. The van der Waals surface area contributed by atoms with E-state index in [1.165, 1.54) is 6.92 Å². The summed E-state index contributed by atoms with van der Waals surface area (Å²) in [4.78, 5) is 43.0. The molecule has 8 aliphatic rings. The fourth-order valence-corrected chi connectivity index (χ4v) is 19.1. The van der Waals surface area contributed by atoms with Crippen LogP contribution in [0.2, 0.25) is 0 Å². The van der Waals surface area contributed by atoms with Crippen molar-refractivity contribution in [1.29, 1.82) is 0 Å². The lowest BCUT2D eigenvalue weighted by molar-refractivity contribution is -0.183. The molecule has 14 nitrogen and oxygen atoms in total. The molecule has 0 unspecified atom stereocenters. The van der Waals surface area contributed by atoms with Crippen LogP contribution in [0.15, 0.2) is 12.1 Å². The molecule has 3 saturated heterocycles. The predicted octanol–water partition coefficient (Wildman–Crippen LogP) is 7.88. The van der Waals surface area contributed by atoms with Crippen LogP contribution < -0.4 is 26.0 Å². The Morgan fingerprint density at radius 1 is 0.987 bits per heavy atom.